The predicted octanol–water partition coefficient (Wildman–Crippen LogP) is 0.964. The molecule has 15 heavy (non-hydrogen) atoms. The normalized spacial score (nSPS) is 11.1. The summed E-state index contributed by atoms with van der Waals surface area (Å²) in [6.07, 6.45) is 1.06. The van der Waals surface area contributed by atoms with Crippen molar-refractivity contribution in [1.29, 1.82) is 0 Å². The number of pyridine rings is 1. The first-order valence-corrected chi connectivity index (χ1v) is 6.15. The topological polar surface area (TPSA) is 76.1 Å². The number of ketones is 1. The standard InChI is InChI=1S/C9H12N2O3S/c1-6-8(11-15(3,13)14)4-5-9(10-6)7(2)12/h4-5,11H,1-3H3. The molecule has 1 N–H and O–H groups in total. The largest absolute Gasteiger partial charge is 0.293 e. The van der Waals surface area contributed by atoms with Gasteiger partial charge in [-0.15, -0.1) is 0 Å². The van der Waals surface area contributed by atoms with Crippen LogP contribution < -0.4 is 4.72 Å². The van der Waals surface area contributed by atoms with Gasteiger partial charge in [-0.1, -0.05) is 0 Å². The molecule has 0 atom stereocenters. The summed E-state index contributed by atoms with van der Waals surface area (Å²) in [5, 5.41) is 0. The van der Waals surface area contributed by atoms with Gasteiger partial charge < -0.3 is 0 Å². The molecule has 0 bridgehead atoms. The summed E-state index contributed by atoms with van der Waals surface area (Å²) in [6.45, 7) is 3.05. The Morgan fingerprint density at radius 2 is 2.00 bits per heavy atom. The Labute approximate surface area is 88.6 Å². The van der Waals surface area contributed by atoms with Gasteiger partial charge in [0.15, 0.2) is 5.78 Å². The molecule has 1 aromatic rings. The maximum Gasteiger partial charge on any atom is 0.229 e. The number of carbonyl (C=O) groups excluding carboxylic acids is 1. The number of aromatic nitrogens is 1. The Kier molecular flexibility index (Phi) is 3.09. The summed E-state index contributed by atoms with van der Waals surface area (Å²) in [5.41, 5.74) is 1.20. The van der Waals surface area contributed by atoms with Gasteiger partial charge in [0.05, 0.1) is 17.6 Å². The van der Waals surface area contributed by atoms with Crippen LogP contribution in [0.1, 0.15) is 23.1 Å². The number of rotatable bonds is 3. The number of hydrogen-bond donors (Lipinski definition) is 1. The molecule has 0 aliphatic carbocycles. The summed E-state index contributed by atoms with van der Waals surface area (Å²) in [4.78, 5) is 15.0. The lowest BCUT2D eigenvalue weighted by atomic mass is 10.2. The first-order valence-electron chi connectivity index (χ1n) is 4.26. The summed E-state index contributed by atoms with van der Waals surface area (Å²) < 4.78 is 24.2. The number of sulfonamides is 1. The molecule has 0 fully saturated rings. The molecule has 1 rings (SSSR count). The van der Waals surface area contributed by atoms with Crippen LogP contribution in [0.25, 0.3) is 0 Å². The zero-order chi connectivity index (χ0) is 11.6. The molecule has 0 spiro atoms. The van der Waals surface area contributed by atoms with Gasteiger partial charge in [-0.05, 0) is 19.1 Å². The van der Waals surface area contributed by atoms with Crippen LogP contribution in [0.5, 0.6) is 0 Å². The van der Waals surface area contributed by atoms with Crippen LogP contribution in [0.3, 0.4) is 0 Å². The summed E-state index contributed by atoms with van der Waals surface area (Å²) in [7, 11) is -3.31. The van der Waals surface area contributed by atoms with Crippen LogP contribution in [0.2, 0.25) is 0 Å². The second kappa shape index (κ2) is 3.98. The molecular formula is C9H12N2O3S. The maximum absolute atomic E-state index is 11.0. The van der Waals surface area contributed by atoms with Gasteiger partial charge in [-0.2, -0.15) is 0 Å². The van der Waals surface area contributed by atoms with Crippen molar-refractivity contribution in [3.8, 4) is 0 Å². The Morgan fingerprint density at radius 1 is 1.40 bits per heavy atom. The molecule has 0 saturated heterocycles. The zero-order valence-corrected chi connectivity index (χ0v) is 9.55. The van der Waals surface area contributed by atoms with Crippen molar-refractivity contribution in [3.63, 3.8) is 0 Å². The van der Waals surface area contributed by atoms with Gasteiger partial charge in [0, 0.05) is 6.92 Å². The fourth-order valence-electron chi connectivity index (χ4n) is 1.06. The van der Waals surface area contributed by atoms with Gasteiger partial charge in [-0.25, -0.2) is 13.4 Å². The number of nitrogens with zero attached hydrogens (tertiary/aromatic N) is 1. The van der Waals surface area contributed by atoms with E-state index in [4.69, 9.17) is 0 Å². The molecule has 1 heterocycles. The zero-order valence-electron chi connectivity index (χ0n) is 8.73. The van der Waals surface area contributed by atoms with Crippen LogP contribution in [-0.4, -0.2) is 25.4 Å². The Hall–Kier alpha value is -1.43. The van der Waals surface area contributed by atoms with E-state index in [1.165, 1.54) is 19.1 Å². The number of Topliss-reactive ketones (excluding diaryl/α,β-unsaturated/α-hetero) is 1. The molecule has 82 valence electrons. The van der Waals surface area contributed by atoms with Gasteiger partial charge in [0.25, 0.3) is 0 Å². The monoisotopic (exact) mass is 228 g/mol. The third-order valence-corrected chi connectivity index (χ3v) is 2.33. The van der Waals surface area contributed by atoms with Crippen LogP contribution >= 0.6 is 0 Å². The highest BCUT2D eigenvalue weighted by molar-refractivity contribution is 7.92. The molecule has 0 radical (unpaired) electrons. The van der Waals surface area contributed by atoms with Crippen molar-refractivity contribution < 1.29 is 13.2 Å². The Balaban J connectivity index is 3.09. The first kappa shape index (κ1) is 11.6. The average molecular weight is 228 g/mol. The quantitative estimate of drug-likeness (QED) is 0.782. The van der Waals surface area contributed by atoms with E-state index in [1.807, 2.05) is 0 Å². The SMILES string of the molecule is CC(=O)c1ccc(NS(C)(=O)=O)c(C)n1. The second-order valence-corrected chi connectivity index (χ2v) is 5.01. The molecular weight excluding hydrogens is 216 g/mol. The smallest absolute Gasteiger partial charge is 0.229 e. The van der Waals surface area contributed by atoms with E-state index in [9.17, 15) is 13.2 Å². The summed E-state index contributed by atoms with van der Waals surface area (Å²) in [6, 6.07) is 3.02. The number of aryl methyl sites for hydroxylation is 1. The second-order valence-electron chi connectivity index (χ2n) is 3.26. The van der Waals surface area contributed by atoms with Gasteiger partial charge in [0.1, 0.15) is 5.69 Å². The van der Waals surface area contributed by atoms with E-state index < -0.39 is 10.0 Å². The van der Waals surface area contributed by atoms with Crippen LogP contribution in [-0.2, 0) is 10.0 Å². The maximum atomic E-state index is 11.0. The van der Waals surface area contributed by atoms with E-state index in [-0.39, 0.29) is 5.78 Å². The first-order chi connectivity index (χ1) is 6.79. The lowest BCUT2D eigenvalue weighted by Crippen LogP contribution is -2.12. The molecule has 0 amide bonds. The Bertz CT molecular complexity index is 494. The van der Waals surface area contributed by atoms with Crippen molar-refractivity contribution >= 4 is 21.5 Å². The Morgan fingerprint density at radius 3 is 2.40 bits per heavy atom. The van der Waals surface area contributed by atoms with Crippen molar-refractivity contribution in [3.05, 3.63) is 23.5 Å². The fraction of sp³-hybridized carbons (Fsp3) is 0.333. The molecule has 0 saturated carbocycles. The predicted molar refractivity (Wildman–Crippen MR) is 57.4 cm³/mol. The van der Waals surface area contributed by atoms with Crippen LogP contribution in [0.15, 0.2) is 12.1 Å². The number of hydrogen-bond acceptors (Lipinski definition) is 4. The number of carbonyl (C=O) groups is 1. The van der Waals surface area contributed by atoms with Crippen molar-refractivity contribution in [2.24, 2.45) is 0 Å². The van der Waals surface area contributed by atoms with Gasteiger partial charge in [0.2, 0.25) is 10.0 Å². The lowest BCUT2D eigenvalue weighted by molar-refractivity contribution is 0.101. The minimum Gasteiger partial charge on any atom is -0.293 e. The van der Waals surface area contributed by atoms with Gasteiger partial charge >= 0.3 is 0 Å². The van der Waals surface area contributed by atoms with Crippen LogP contribution in [0.4, 0.5) is 5.69 Å². The molecule has 5 nitrogen and oxygen atoms in total. The molecule has 0 aromatic carbocycles. The minimum absolute atomic E-state index is 0.149. The number of anilines is 1. The van der Waals surface area contributed by atoms with Crippen LogP contribution in [0, 0.1) is 6.92 Å². The summed E-state index contributed by atoms with van der Waals surface area (Å²) >= 11 is 0. The number of nitrogens with one attached hydrogen (secondary N) is 1. The van der Waals surface area contributed by atoms with E-state index >= 15 is 0 Å². The third-order valence-electron chi connectivity index (χ3n) is 1.74. The molecule has 0 aliphatic rings. The van der Waals surface area contributed by atoms with E-state index in [1.54, 1.807) is 6.92 Å². The lowest BCUT2D eigenvalue weighted by Gasteiger charge is -2.07. The van der Waals surface area contributed by atoms with Crippen molar-refractivity contribution in [2.45, 2.75) is 13.8 Å². The summed E-state index contributed by atoms with van der Waals surface area (Å²) in [5.74, 6) is -0.149. The van der Waals surface area contributed by atoms with E-state index in [0.717, 1.165) is 6.26 Å². The van der Waals surface area contributed by atoms with Gasteiger partial charge in [-0.3, -0.25) is 9.52 Å². The minimum atomic E-state index is -3.31. The average Bonchev–Trinajstić information content (AvgIpc) is 2.05. The fourth-order valence-corrected chi connectivity index (χ4v) is 1.68. The van der Waals surface area contributed by atoms with E-state index in [0.29, 0.717) is 17.1 Å². The highest BCUT2D eigenvalue weighted by Crippen LogP contribution is 2.14. The van der Waals surface area contributed by atoms with Crippen molar-refractivity contribution in [2.75, 3.05) is 11.0 Å². The molecule has 6 heteroatoms. The van der Waals surface area contributed by atoms with Crippen molar-refractivity contribution in [1.82, 2.24) is 4.98 Å². The van der Waals surface area contributed by atoms with E-state index in [2.05, 4.69) is 9.71 Å². The molecule has 1 aromatic heterocycles. The highest BCUT2D eigenvalue weighted by Gasteiger charge is 2.08. The molecule has 0 aliphatic heterocycles. The highest BCUT2D eigenvalue weighted by atomic mass is 32.2. The molecule has 0 unspecified atom stereocenters. The third kappa shape index (κ3) is 3.32.